The number of nitrogens with zero attached hydrogens (tertiary/aromatic N) is 3. The number of carbonyl (C=O) groups excluding carboxylic acids is 1. The second-order valence-corrected chi connectivity index (χ2v) is 8.80. The third-order valence-electron chi connectivity index (χ3n) is 6.09. The lowest BCUT2D eigenvalue weighted by molar-refractivity contribution is -0.127. The second kappa shape index (κ2) is 11.6. The van der Waals surface area contributed by atoms with Crippen LogP contribution in [0.25, 0.3) is 0 Å². The zero-order chi connectivity index (χ0) is 21.3. The lowest BCUT2D eigenvalue weighted by Crippen LogP contribution is -2.41. The molecule has 2 unspecified atom stereocenters. The van der Waals surface area contributed by atoms with Gasteiger partial charge >= 0.3 is 0 Å². The number of amides is 1. The topological polar surface area (TPSA) is 60.0 Å². The standard InChI is InChI=1S/C23H36ClN5O/c1-3-25-23(26-12-7-15-29-14-6-11-21(29)30)27-17-19-9-5-13-28(2)22(19)18-8-4-10-20(24)16-18/h4,8,10,16,19,22H,3,5-7,9,11-15,17H2,1-2H3,(H2,25,26,27). The number of likely N-dealkylation sites (tertiary alicyclic amines) is 2. The second-order valence-electron chi connectivity index (χ2n) is 8.37. The van der Waals surface area contributed by atoms with Gasteiger partial charge in [-0.3, -0.25) is 14.7 Å². The molecule has 0 aromatic heterocycles. The van der Waals surface area contributed by atoms with Crippen molar-refractivity contribution in [2.24, 2.45) is 10.9 Å². The van der Waals surface area contributed by atoms with Crippen LogP contribution in [-0.2, 0) is 4.79 Å². The van der Waals surface area contributed by atoms with Crippen LogP contribution in [-0.4, -0.2) is 68.0 Å². The van der Waals surface area contributed by atoms with Crippen molar-refractivity contribution < 1.29 is 4.79 Å². The summed E-state index contributed by atoms with van der Waals surface area (Å²) in [6.07, 6.45) is 5.01. The van der Waals surface area contributed by atoms with Gasteiger partial charge in [0.05, 0.1) is 0 Å². The van der Waals surface area contributed by atoms with Crippen LogP contribution in [0.4, 0.5) is 0 Å². The van der Waals surface area contributed by atoms with Crippen LogP contribution in [0.5, 0.6) is 0 Å². The fraction of sp³-hybridized carbons (Fsp3) is 0.652. The highest BCUT2D eigenvalue weighted by atomic mass is 35.5. The molecule has 2 saturated heterocycles. The van der Waals surface area contributed by atoms with E-state index in [1.165, 1.54) is 18.4 Å². The molecule has 1 amide bonds. The molecule has 6 nitrogen and oxygen atoms in total. The molecule has 2 N–H and O–H groups in total. The van der Waals surface area contributed by atoms with Gasteiger partial charge in [-0.05, 0) is 69.8 Å². The number of aliphatic imine (C=N–C) groups is 1. The van der Waals surface area contributed by atoms with Gasteiger partial charge in [0, 0.05) is 50.2 Å². The minimum absolute atomic E-state index is 0.295. The van der Waals surface area contributed by atoms with Crippen LogP contribution in [0.2, 0.25) is 5.02 Å². The molecular formula is C23H36ClN5O. The smallest absolute Gasteiger partial charge is 0.222 e. The van der Waals surface area contributed by atoms with Crippen molar-refractivity contribution in [2.45, 2.75) is 45.1 Å². The van der Waals surface area contributed by atoms with Crippen LogP contribution in [0.15, 0.2) is 29.3 Å². The third-order valence-corrected chi connectivity index (χ3v) is 6.33. The Hall–Kier alpha value is -1.79. The van der Waals surface area contributed by atoms with Crippen molar-refractivity contribution in [1.29, 1.82) is 0 Å². The number of halogens is 1. The summed E-state index contributed by atoms with van der Waals surface area (Å²) in [6.45, 7) is 7.36. The first-order valence-corrected chi connectivity index (χ1v) is 11.7. The van der Waals surface area contributed by atoms with Crippen molar-refractivity contribution in [3.05, 3.63) is 34.9 Å². The van der Waals surface area contributed by atoms with E-state index in [-0.39, 0.29) is 0 Å². The number of carbonyl (C=O) groups is 1. The SMILES string of the molecule is CCNC(=NCC1CCCN(C)C1c1cccc(Cl)c1)NCCCN1CCCC1=O. The van der Waals surface area contributed by atoms with Crippen molar-refractivity contribution >= 4 is 23.5 Å². The van der Waals surface area contributed by atoms with E-state index in [0.29, 0.717) is 24.3 Å². The molecule has 3 rings (SSSR count). The number of hydrogen-bond acceptors (Lipinski definition) is 3. The fourth-order valence-electron chi connectivity index (χ4n) is 4.64. The fourth-order valence-corrected chi connectivity index (χ4v) is 4.83. The highest BCUT2D eigenvalue weighted by molar-refractivity contribution is 6.30. The summed E-state index contributed by atoms with van der Waals surface area (Å²) in [4.78, 5) is 21.0. The highest BCUT2D eigenvalue weighted by Gasteiger charge is 2.30. The largest absolute Gasteiger partial charge is 0.357 e. The molecule has 30 heavy (non-hydrogen) atoms. The Kier molecular flexibility index (Phi) is 8.82. The summed E-state index contributed by atoms with van der Waals surface area (Å²) in [5.41, 5.74) is 1.28. The molecule has 1 aromatic carbocycles. The van der Waals surface area contributed by atoms with Gasteiger partial charge in [0.25, 0.3) is 0 Å². The van der Waals surface area contributed by atoms with E-state index in [2.05, 4.69) is 41.6 Å². The Morgan fingerprint density at radius 3 is 2.87 bits per heavy atom. The Labute approximate surface area is 186 Å². The van der Waals surface area contributed by atoms with Gasteiger partial charge < -0.3 is 15.5 Å². The first-order chi connectivity index (χ1) is 14.6. The van der Waals surface area contributed by atoms with Crippen molar-refractivity contribution in [1.82, 2.24) is 20.4 Å². The Bertz CT molecular complexity index is 725. The maximum absolute atomic E-state index is 11.7. The van der Waals surface area contributed by atoms with Gasteiger partial charge in [0.15, 0.2) is 5.96 Å². The van der Waals surface area contributed by atoms with Crippen LogP contribution < -0.4 is 10.6 Å². The average Bonchev–Trinajstić information content (AvgIpc) is 3.14. The third kappa shape index (κ3) is 6.35. The van der Waals surface area contributed by atoms with Gasteiger partial charge in [-0.25, -0.2) is 0 Å². The van der Waals surface area contributed by atoms with Gasteiger partial charge in [0.1, 0.15) is 0 Å². The average molecular weight is 434 g/mol. The number of hydrogen-bond donors (Lipinski definition) is 2. The molecule has 7 heteroatoms. The Morgan fingerprint density at radius 1 is 1.27 bits per heavy atom. The van der Waals surface area contributed by atoms with E-state index in [0.717, 1.165) is 63.1 Å². The van der Waals surface area contributed by atoms with Crippen molar-refractivity contribution in [2.75, 3.05) is 46.3 Å². The normalized spacial score (nSPS) is 23.1. The molecule has 0 radical (unpaired) electrons. The van der Waals surface area contributed by atoms with Gasteiger partial charge in [-0.15, -0.1) is 0 Å². The van der Waals surface area contributed by atoms with E-state index >= 15 is 0 Å². The maximum atomic E-state index is 11.7. The Balaban J connectivity index is 1.56. The summed E-state index contributed by atoms with van der Waals surface area (Å²) >= 11 is 6.26. The number of guanidine groups is 1. The van der Waals surface area contributed by atoms with Gasteiger partial charge in [0.2, 0.25) is 5.91 Å². The molecule has 166 valence electrons. The number of benzene rings is 1. The predicted octanol–water partition coefficient (Wildman–Crippen LogP) is 3.29. The number of rotatable bonds is 8. The monoisotopic (exact) mass is 433 g/mol. The zero-order valence-electron chi connectivity index (χ0n) is 18.4. The number of nitrogens with one attached hydrogen (secondary N) is 2. The van der Waals surface area contributed by atoms with Crippen molar-refractivity contribution in [3.8, 4) is 0 Å². The summed E-state index contributed by atoms with van der Waals surface area (Å²) in [6, 6.07) is 8.58. The van der Waals surface area contributed by atoms with E-state index in [1.807, 2.05) is 17.0 Å². The van der Waals surface area contributed by atoms with E-state index in [9.17, 15) is 4.79 Å². The molecule has 0 saturated carbocycles. The molecule has 1 aromatic rings. The quantitative estimate of drug-likeness (QED) is 0.375. The van der Waals surface area contributed by atoms with Gasteiger partial charge in [-0.2, -0.15) is 0 Å². The van der Waals surface area contributed by atoms with Crippen molar-refractivity contribution in [3.63, 3.8) is 0 Å². The zero-order valence-corrected chi connectivity index (χ0v) is 19.1. The molecule has 2 atom stereocenters. The number of piperidine rings is 1. The minimum atomic E-state index is 0.295. The predicted molar refractivity (Wildman–Crippen MR) is 124 cm³/mol. The van der Waals surface area contributed by atoms with E-state index in [1.54, 1.807) is 0 Å². The lowest BCUT2D eigenvalue weighted by Gasteiger charge is -2.39. The van der Waals surface area contributed by atoms with Crippen LogP contribution in [0.3, 0.4) is 0 Å². The molecule has 0 bridgehead atoms. The molecule has 2 fully saturated rings. The van der Waals surface area contributed by atoms with E-state index < -0.39 is 0 Å². The highest BCUT2D eigenvalue weighted by Crippen LogP contribution is 2.36. The van der Waals surface area contributed by atoms with Crippen LogP contribution >= 0.6 is 11.6 Å². The minimum Gasteiger partial charge on any atom is -0.357 e. The lowest BCUT2D eigenvalue weighted by atomic mass is 9.85. The summed E-state index contributed by atoms with van der Waals surface area (Å²) in [5, 5.41) is 7.59. The van der Waals surface area contributed by atoms with E-state index in [4.69, 9.17) is 16.6 Å². The van der Waals surface area contributed by atoms with Crippen LogP contribution in [0, 0.1) is 5.92 Å². The summed E-state index contributed by atoms with van der Waals surface area (Å²) in [5.74, 6) is 1.62. The first kappa shape index (κ1) is 22.9. The molecule has 2 heterocycles. The first-order valence-electron chi connectivity index (χ1n) is 11.3. The Morgan fingerprint density at radius 2 is 2.13 bits per heavy atom. The van der Waals surface area contributed by atoms with Gasteiger partial charge in [-0.1, -0.05) is 23.7 Å². The summed E-state index contributed by atoms with van der Waals surface area (Å²) < 4.78 is 0. The molecule has 2 aliphatic heterocycles. The molecule has 0 spiro atoms. The molecule has 0 aliphatic carbocycles. The molecule has 2 aliphatic rings. The van der Waals surface area contributed by atoms with Crippen LogP contribution in [0.1, 0.15) is 50.6 Å². The molecular weight excluding hydrogens is 398 g/mol. The maximum Gasteiger partial charge on any atom is 0.222 e. The summed E-state index contributed by atoms with van der Waals surface area (Å²) in [7, 11) is 2.20.